The average Bonchev–Trinajstić information content (AvgIpc) is 2.04. The summed E-state index contributed by atoms with van der Waals surface area (Å²) in [5, 5.41) is 2.55. The van der Waals surface area contributed by atoms with Gasteiger partial charge in [-0.15, -0.1) is 0 Å². The van der Waals surface area contributed by atoms with E-state index in [4.69, 9.17) is 4.74 Å². The van der Waals surface area contributed by atoms with E-state index < -0.39 is 27.3 Å². The first-order chi connectivity index (χ1) is 8.23. The number of nitrogens with zero attached hydrogens (tertiary/aromatic N) is 1. The maximum Gasteiger partial charge on any atom is 0.407 e. The summed E-state index contributed by atoms with van der Waals surface area (Å²) in [4.78, 5) is 11.4. The molecule has 0 heterocycles. The van der Waals surface area contributed by atoms with Crippen LogP contribution in [-0.2, 0) is 14.8 Å². The fourth-order valence-corrected chi connectivity index (χ4v) is 2.99. The molecule has 0 bridgehead atoms. The van der Waals surface area contributed by atoms with Crippen molar-refractivity contribution in [2.45, 2.75) is 52.7 Å². The minimum Gasteiger partial charge on any atom is -0.444 e. The molecule has 0 aliphatic heterocycles. The summed E-state index contributed by atoms with van der Waals surface area (Å²) in [5.74, 6) is 0. The van der Waals surface area contributed by atoms with Crippen LogP contribution in [0.2, 0.25) is 0 Å². The highest BCUT2D eigenvalue weighted by atomic mass is 32.2. The summed E-state index contributed by atoms with van der Waals surface area (Å²) in [6.07, 6.45) is 0.612. The van der Waals surface area contributed by atoms with Crippen molar-refractivity contribution < 1.29 is 17.9 Å². The van der Waals surface area contributed by atoms with Crippen molar-refractivity contribution in [2.75, 3.05) is 19.3 Å². The largest absolute Gasteiger partial charge is 0.444 e. The monoisotopic (exact) mass is 294 g/mol. The zero-order valence-electron chi connectivity index (χ0n) is 12.9. The number of sulfonamides is 1. The van der Waals surface area contributed by atoms with Gasteiger partial charge < -0.3 is 10.1 Å². The molecule has 0 aliphatic rings. The first kappa shape index (κ1) is 18.2. The van der Waals surface area contributed by atoms with E-state index in [9.17, 15) is 13.2 Å². The average molecular weight is 294 g/mol. The number of carbonyl (C=O) groups is 1. The number of nitrogens with one attached hydrogen (secondary N) is 1. The Morgan fingerprint density at radius 1 is 1.16 bits per heavy atom. The number of alkyl carbamates (subject to hydrolysis) is 1. The molecule has 0 fully saturated rings. The van der Waals surface area contributed by atoms with E-state index in [-0.39, 0.29) is 13.1 Å². The highest BCUT2D eigenvalue weighted by Gasteiger charge is 2.29. The van der Waals surface area contributed by atoms with Gasteiger partial charge in [0.1, 0.15) is 5.60 Å². The van der Waals surface area contributed by atoms with Crippen LogP contribution in [0.3, 0.4) is 0 Å². The van der Waals surface area contributed by atoms with E-state index in [2.05, 4.69) is 5.32 Å². The highest BCUT2D eigenvalue weighted by molar-refractivity contribution is 7.88. The molecule has 6 nitrogen and oxygen atoms in total. The van der Waals surface area contributed by atoms with Crippen LogP contribution < -0.4 is 5.32 Å². The van der Waals surface area contributed by atoms with E-state index in [0.29, 0.717) is 0 Å². The topological polar surface area (TPSA) is 75.7 Å². The lowest BCUT2D eigenvalue weighted by Gasteiger charge is -2.33. The second-order valence-corrected chi connectivity index (χ2v) is 8.34. The van der Waals surface area contributed by atoms with Crippen molar-refractivity contribution in [3.8, 4) is 0 Å². The molecular weight excluding hydrogens is 268 g/mol. The Kier molecular flexibility index (Phi) is 5.83. The van der Waals surface area contributed by atoms with Crippen molar-refractivity contribution in [3.63, 3.8) is 0 Å². The quantitative estimate of drug-likeness (QED) is 0.854. The molecule has 0 rings (SSSR count). The molecule has 114 valence electrons. The smallest absolute Gasteiger partial charge is 0.407 e. The van der Waals surface area contributed by atoms with Gasteiger partial charge in [-0.05, 0) is 41.5 Å². The molecule has 0 saturated heterocycles. The Labute approximate surface area is 116 Å². The van der Waals surface area contributed by atoms with Crippen molar-refractivity contribution in [2.24, 2.45) is 0 Å². The van der Waals surface area contributed by atoms with E-state index in [0.717, 1.165) is 6.26 Å². The molecule has 0 aromatic rings. The van der Waals surface area contributed by atoms with Crippen molar-refractivity contribution in [3.05, 3.63) is 0 Å². The summed E-state index contributed by atoms with van der Waals surface area (Å²) in [5.41, 5.74) is -1.09. The van der Waals surface area contributed by atoms with Crippen LogP contribution in [0.4, 0.5) is 4.79 Å². The standard InChI is InChI=1S/C12H26N2O4S/c1-11(2,3)14(19(7,16)17)9-8-13-10(15)18-12(4,5)6/h8-9H2,1-7H3,(H,13,15). The first-order valence-corrected chi connectivity index (χ1v) is 8.03. The number of carbonyl (C=O) groups excluding carboxylic acids is 1. The number of hydrogen-bond acceptors (Lipinski definition) is 4. The van der Waals surface area contributed by atoms with Gasteiger partial charge in [-0.25, -0.2) is 13.2 Å². The molecule has 0 radical (unpaired) electrons. The maximum absolute atomic E-state index is 11.7. The van der Waals surface area contributed by atoms with Gasteiger partial charge in [0.05, 0.1) is 6.26 Å². The fraction of sp³-hybridized carbons (Fsp3) is 0.917. The molecule has 1 amide bonds. The minimum absolute atomic E-state index is 0.208. The van der Waals surface area contributed by atoms with Crippen molar-refractivity contribution in [1.29, 1.82) is 0 Å². The zero-order chi connectivity index (χ0) is 15.5. The third-order valence-corrected chi connectivity index (χ3v) is 3.66. The molecule has 0 atom stereocenters. The SMILES string of the molecule is CC(C)(C)OC(=O)NCCN(C(C)(C)C)S(C)(=O)=O. The van der Waals surface area contributed by atoms with Crippen LogP contribution in [0.1, 0.15) is 41.5 Å². The molecular formula is C12H26N2O4S. The molecule has 0 aromatic heterocycles. The molecule has 1 N–H and O–H groups in total. The lowest BCUT2D eigenvalue weighted by Crippen LogP contribution is -2.48. The Hall–Kier alpha value is -0.820. The van der Waals surface area contributed by atoms with Gasteiger partial charge in [-0.3, -0.25) is 0 Å². The predicted octanol–water partition coefficient (Wildman–Crippen LogP) is 1.57. The van der Waals surface area contributed by atoms with Gasteiger partial charge in [0.25, 0.3) is 0 Å². The Bertz CT molecular complexity index is 404. The van der Waals surface area contributed by atoms with Crippen molar-refractivity contribution in [1.82, 2.24) is 9.62 Å². The van der Waals surface area contributed by atoms with Gasteiger partial charge in [0, 0.05) is 18.6 Å². The number of rotatable bonds is 4. The summed E-state index contributed by atoms with van der Waals surface area (Å²) in [7, 11) is -3.31. The molecule has 7 heteroatoms. The molecule has 0 aromatic carbocycles. The molecule has 0 spiro atoms. The lowest BCUT2D eigenvalue weighted by atomic mass is 10.1. The summed E-state index contributed by atoms with van der Waals surface area (Å²) in [6.45, 7) is 11.1. The minimum atomic E-state index is -3.31. The highest BCUT2D eigenvalue weighted by Crippen LogP contribution is 2.16. The second kappa shape index (κ2) is 6.09. The Balaban J connectivity index is 4.42. The second-order valence-electron chi connectivity index (χ2n) is 6.43. The number of hydrogen-bond donors (Lipinski definition) is 1. The molecule has 19 heavy (non-hydrogen) atoms. The first-order valence-electron chi connectivity index (χ1n) is 6.18. The number of amides is 1. The van der Waals surface area contributed by atoms with Gasteiger partial charge in [0.2, 0.25) is 10.0 Å². The third kappa shape index (κ3) is 8.05. The number of ether oxygens (including phenoxy) is 1. The molecule has 0 aliphatic carbocycles. The Morgan fingerprint density at radius 3 is 1.95 bits per heavy atom. The van der Waals surface area contributed by atoms with Crippen LogP contribution in [-0.4, -0.2) is 49.3 Å². The fourth-order valence-electron chi connectivity index (χ4n) is 1.57. The van der Waals surface area contributed by atoms with Crippen LogP contribution >= 0.6 is 0 Å². The third-order valence-electron chi connectivity index (χ3n) is 2.13. The van der Waals surface area contributed by atoms with E-state index in [1.165, 1.54) is 4.31 Å². The van der Waals surface area contributed by atoms with E-state index in [1.807, 2.05) is 20.8 Å². The van der Waals surface area contributed by atoms with Crippen LogP contribution in [0.25, 0.3) is 0 Å². The molecule has 0 unspecified atom stereocenters. The Morgan fingerprint density at radius 2 is 1.63 bits per heavy atom. The van der Waals surface area contributed by atoms with Gasteiger partial charge in [-0.1, -0.05) is 0 Å². The summed E-state index contributed by atoms with van der Waals surface area (Å²) < 4.78 is 29.7. The zero-order valence-corrected chi connectivity index (χ0v) is 13.7. The lowest BCUT2D eigenvalue weighted by molar-refractivity contribution is 0.0522. The van der Waals surface area contributed by atoms with Gasteiger partial charge in [0.15, 0.2) is 0 Å². The van der Waals surface area contributed by atoms with Gasteiger partial charge >= 0.3 is 6.09 Å². The molecule has 0 saturated carbocycles. The maximum atomic E-state index is 11.7. The van der Waals surface area contributed by atoms with Crippen LogP contribution in [0, 0.1) is 0 Å². The van der Waals surface area contributed by atoms with E-state index in [1.54, 1.807) is 20.8 Å². The normalized spacial score (nSPS) is 13.5. The van der Waals surface area contributed by atoms with Crippen molar-refractivity contribution >= 4 is 16.1 Å². The summed E-state index contributed by atoms with van der Waals surface area (Å²) in [6, 6.07) is 0. The van der Waals surface area contributed by atoms with Crippen LogP contribution in [0.5, 0.6) is 0 Å². The van der Waals surface area contributed by atoms with E-state index >= 15 is 0 Å². The van der Waals surface area contributed by atoms with Crippen LogP contribution in [0.15, 0.2) is 0 Å². The predicted molar refractivity (Wildman–Crippen MR) is 75.5 cm³/mol. The summed E-state index contributed by atoms with van der Waals surface area (Å²) >= 11 is 0. The van der Waals surface area contributed by atoms with Gasteiger partial charge in [-0.2, -0.15) is 4.31 Å².